The van der Waals surface area contributed by atoms with Gasteiger partial charge in [-0.1, -0.05) is 0 Å². The second-order valence-electron chi connectivity index (χ2n) is 6.46. The molecule has 6 atom stereocenters. The number of rotatable bonds is 9. The molecular weight excluding hydrogens is 530 g/mol. The normalized spacial score (nSPS) is 30.1. The highest BCUT2D eigenvalue weighted by molar-refractivity contribution is 7.66. The van der Waals surface area contributed by atoms with Gasteiger partial charge < -0.3 is 35.2 Å². The topological polar surface area (TPSA) is 250 Å². The number of nitrogens with two attached hydrogens (primary N) is 1. The predicted octanol–water partition coefficient (Wildman–Crippen LogP) is -0.317. The summed E-state index contributed by atoms with van der Waals surface area (Å²) in [6.45, 7) is 0.204. The summed E-state index contributed by atoms with van der Waals surface area (Å²) in [7, 11) is -17.0. The van der Waals surface area contributed by atoms with Gasteiger partial charge in [0, 0.05) is 11.8 Å². The van der Waals surface area contributed by atoms with Crippen LogP contribution in [0.4, 0.5) is 10.2 Å². The van der Waals surface area contributed by atoms with E-state index in [9.17, 15) is 32.9 Å². The van der Waals surface area contributed by atoms with Gasteiger partial charge in [0.25, 0.3) is 0 Å². The minimum absolute atomic E-state index is 0.142. The van der Waals surface area contributed by atoms with Gasteiger partial charge in [-0.25, -0.2) is 22.9 Å². The van der Waals surface area contributed by atoms with Crippen molar-refractivity contribution < 1.29 is 60.6 Å². The van der Waals surface area contributed by atoms with E-state index in [0.29, 0.717) is 4.57 Å². The first kappa shape index (κ1) is 27.5. The van der Waals surface area contributed by atoms with E-state index >= 15 is 0 Å². The summed E-state index contributed by atoms with van der Waals surface area (Å²) >= 11 is 5.72. The van der Waals surface area contributed by atoms with Crippen molar-refractivity contribution >= 4 is 40.9 Å². The van der Waals surface area contributed by atoms with Crippen LogP contribution in [0.25, 0.3) is 0 Å². The lowest BCUT2D eigenvalue weighted by Crippen LogP contribution is -2.47. The number of aromatic nitrogens is 2. The lowest BCUT2D eigenvalue weighted by atomic mass is 9.99. The highest BCUT2D eigenvalue weighted by Gasteiger charge is 2.57. The van der Waals surface area contributed by atoms with Crippen LogP contribution < -0.4 is 11.4 Å². The van der Waals surface area contributed by atoms with Crippen LogP contribution in [-0.2, 0) is 31.6 Å². The smallest absolute Gasteiger partial charge is 0.387 e. The number of phosphoric ester groups is 1. The van der Waals surface area contributed by atoms with Crippen LogP contribution >= 0.6 is 35.1 Å². The van der Waals surface area contributed by atoms with Gasteiger partial charge in [-0.2, -0.15) is 13.6 Å². The number of hydrogen-bond donors (Lipinski definition) is 6. The predicted molar refractivity (Wildman–Crippen MR) is 102 cm³/mol. The number of phosphoric acid groups is 3. The molecule has 2 heterocycles. The lowest BCUT2D eigenvalue weighted by molar-refractivity contribution is -0.113. The van der Waals surface area contributed by atoms with Crippen molar-refractivity contribution in [3.63, 3.8) is 0 Å². The summed E-state index contributed by atoms with van der Waals surface area (Å²) in [5.74, 6) is -0.923. The van der Waals surface area contributed by atoms with Gasteiger partial charge in [-0.3, -0.25) is 9.09 Å². The Morgan fingerprint density at radius 2 is 1.88 bits per heavy atom. The molecule has 0 aliphatic carbocycles. The third-order valence-corrected chi connectivity index (χ3v) is 8.27. The Morgan fingerprint density at radius 3 is 2.41 bits per heavy atom. The van der Waals surface area contributed by atoms with E-state index in [-0.39, 0.29) is 11.4 Å². The summed E-state index contributed by atoms with van der Waals surface area (Å²) in [5, 5.41) is 10.3. The highest BCUT2D eigenvalue weighted by Crippen LogP contribution is 2.66. The van der Waals surface area contributed by atoms with Crippen LogP contribution in [0.15, 0.2) is 11.0 Å². The van der Waals surface area contributed by atoms with Gasteiger partial charge in [0.05, 0.1) is 12.5 Å². The number of aliphatic hydroxyl groups excluding tert-OH is 1. The third kappa shape index (κ3) is 6.42. The van der Waals surface area contributed by atoms with Crippen molar-refractivity contribution in [3.8, 4) is 0 Å². The van der Waals surface area contributed by atoms with Crippen LogP contribution in [0.5, 0.6) is 0 Å². The van der Waals surface area contributed by atoms with E-state index in [0.717, 1.165) is 6.20 Å². The van der Waals surface area contributed by atoms with E-state index in [1.54, 1.807) is 0 Å². The van der Waals surface area contributed by atoms with Crippen molar-refractivity contribution in [1.29, 1.82) is 0 Å². The summed E-state index contributed by atoms with van der Waals surface area (Å²) < 4.78 is 66.1. The second kappa shape index (κ2) is 9.47. The molecular formula is C11H18ClFN3O13P3. The molecule has 0 saturated carbocycles. The monoisotopic (exact) mass is 547 g/mol. The number of hydrogen-bond acceptors (Lipinski definition) is 11. The molecule has 1 aromatic rings. The number of aliphatic hydroxyl groups is 1. The van der Waals surface area contributed by atoms with E-state index < -0.39 is 65.7 Å². The Labute approximate surface area is 183 Å². The number of anilines is 1. The van der Waals surface area contributed by atoms with Gasteiger partial charge in [-0.05, 0) is 6.92 Å². The Kier molecular flexibility index (Phi) is 8.13. The fraction of sp³-hybridized carbons (Fsp3) is 0.636. The first-order valence-electron chi connectivity index (χ1n) is 8.11. The van der Waals surface area contributed by atoms with E-state index in [2.05, 4.69) is 18.1 Å². The average molecular weight is 548 g/mol. The number of aryl methyl sites for hydroxylation is 1. The Hall–Kier alpha value is -0.770. The fourth-order valence-corrected chi connectivity index (χ4v) is 5.93. The van der Waals surface area contributed by atoms with Crippen LogP contribution in [0, 0.1) is 6.92 Å². The molecule has 1 aromatic heterocycles. The van der Waals surface area contributed by atoms with E-state index in [1.807, 2.05) is 0 Å². The fourth-order valence-electron chi connectivity index (χ4n) is 2.56. The maximum absolute atomic E-state index is 14.8. The average Bonchev–Trinajstić information content (AvgIpc) is 2.85. The van der Waals surface area contributed by atoms with Crippen LogP contribution in [0.1, 0.15) is 11.8 Å². The molecule has 6 unspecified atom stereocenters. The van der Waals surface area contributed by atoms with Crippen molar-refractivity contribution in [2.24, 2.45) is 0 Å². The van der Waals surface area contributed by atoms with Gasteiger partial charge in [0.1, 0.15) is 17.5 Å². The summed E-state index contributed by atoms with van der Waals surface area (Å²) in [6.07, 6.45) is -5.23. The lowest BCUT2D eigenvalue weighted by Gasteiger charge is -2.30. The zero-order valence-electron chi connectivity index (χ0n) is 15.8. The first-order chi connectivity index (χ1) is 14.4. The molecule has 0 radical (unpaired) electrons. The maximum atomic E-state index is 14.8. The number of halogens is 2. The SMILES string of the molecule is Cc1cn(C2OC(CCl)(COP(=O)(O)OP(=O)(O)OP(=O)(O)O)C(O)C2F)c(=O)nc1N. The zero-order chi connectivity index (χ0) is 24.7. The molecule has 1 aliphatic rings. The van der Waals surface area contributed by atoms with E-state index in [1.165, 1.54) is 6.92 Å². The molecule has 0 aromatic carbocycles. The molecule has 1 saturated heterocycles. The highest BCUT2D eigenvalue weighted by atomic mass is 35.5. The quantitative estimate of drug-likeness (QED) is 0.171. The van der Waals surface area contributed by atoms with Crippen molar-refractivity contribution in [2.45, 2.75) is 31.0 Å². The Bertz CT molecular complexity index is 1070. The number of nitrogen functional groups attached to an aromatic ring is 1. The van der Waals surface area contributed by atoms with Gasteiger partial charge in [0.2, 0.25) is 0 Å². The minimum Gasteiger partial charge on any atom is -0.387 e. The van der Waals surface area contributed by atoms with Gasteiger partial charge in [0.15, 0.2) is 12.4 Å². The molecule has 1 aliphatic heterocycles. The molecule has 0 amide bonds. The molecule has 7 N–H and O–H groups in total. The summed E-state index contributed by atoms with van der Waals surface area (Å²) in [4.78, 5) is 51.2. The van der Waals surface area contributed by atoms with Crippen molar-refractivity contribution in [2.75, 3.05) is 18.2 Å². The van der Waals surface area contributed by atoms with Crippen LogP contribution in [0.2, 0.25) is 0 Å². The van der Waals surface area contributed by atoms with Crippen LogP contribution in [-0.4, -0.2) is 64.6 Å². The first-order valence-corrected chi connectivity index (χ1v) is 13.2. The number of alkyl halides is 2. The molecule has 21 heteroatoms. The van der Waals surface area contributed by atoms with Gasteiger partial charge in [-0.15, -0.1) is 11.6 Å². The molecule has 184 valence electrons. The molecule has 0 spiro atoms. The zero-order valence-corrected chi connectivity index (χ0v) is 19.2. The molecule has 0 bridgehead atoms. The molecule has 2 rings (SSSR count). The molecule has 1 fully saturated rings. The molecule has 16 nitrogen and oxygen atoms in total. The van der Waals surface area contributed by atoms with Crippen molar-refractivity contribution in [3.05, 3.63) is 22.2 Å². The van der Waals surface area contributed by atoms with E-state index in [4.69, 9.17) is 36.8 Å². The van der Waals surface area contributed by atoms with Crippen molar-refractivity contribution in [1.82, 2.24) is 9.55 Å². The third-order valence-electron chi connectivity index (χ3n) is 4.03. The Morgan fingerprint density at radius 1 is 1.28 bits per heavy atom. The number of ether oxygens (including phenoxy) is 1. The maximum Gasteiger partial charge on any atom is 0.490 e. The summed E-state index contributed by atoms with van der Waals surface area (Å²) in [6, 6.07) is 0. The number of nitrogens with zero attached hydrogens (tertiary/aromatic N) is 2. The Balaban J connectivity index is 2.24. The summed E-state index contributed by atoms with van der Waals surface area (Å²) in [5.41, 5.74) is 2.41. The minimum atomic E-state index is -5.81. The van der Waals surface area contributed by atoms with Gasteiger partial charge >= 0.3 is 29.2 Å². The largest absolute Gasteiger partial charge is 0.490 e. The standard InChI is InChI=1S/C11H18ClFN3O13P3/c1-5-2-16(10(18)15-8(5)14)9-6(13)7(17)11(3-12,27-9)4-26-31(22,23)29-32(24,25)28-30(19,20)21/h2,6-7,9,17H,3-4H2,1H3,(H,22,23)(H,24,25)(H2,14,15,18)(H2,19,20,21). The molecule has 32 heavy (non-hydrogen) atoms. The second-order valence-corrected chi connectivity index (χ2v) is 11.1. The van der Waals surface area contributed by atoms with Crippen LogP contribution in [0.3, 0.4) is 0 Å².